The highest BCUT2D eigenvalue weighted by atomic mass is 32.2. The van der Waals surface area contributed by atoms with Crippen LogP contribution < -0.4 is 5.32 Å². The van der Waals surface area contributed by atoms with Gasteiger partial charge >= 0.3 is 0 Å². The molecule has 0 spiro atoms. The normalized spacial score (nSPS) is 10.8. The highest BCUT2D eigenvalue weighted by molar-refractivity contribution is 7.99. The average molecular weight is 374 g/mol. The Morgan fingerprint density at radius 3 is 2.62 bits per heavy atom. The van der Waals surface area contributed by atoms with Gasteiger partial charge in [0.25, 0.3) is 0 Å². The third-order valence-corrected chi connectivity index (χ3v) is 4.62. The van der Waals surface area contributed by atoms with E-state index >= 15 is 0 Å². The summed E-state index contributed by atoms with van der Waals surface area (Å²) in [5.41, 5.74) is 2.20. The molecule has 0 radical (unpaired) electrons. The summed E-state index contributed by atoms with van der Waals surface area (Å²) in [7, 11) is 0. The summed E-state index contributed by atoms with van der Waals surface area (Å²) in [6, 6.07) is 11.0. The first-order chi connectivity index (χ1) is 12.5. The lowest BCUT2D eigenvalue weighted by molar-refractivity contribution is -0.113. The quantitative estimate of drug-likeness (QED) is 0.688. The van der Waals surface area contributed by atoms with E-state index in [2.05, 4.69) is 15.5 Å². The Labute approximate surface area is 153 Å². The molecular weight excluding hydrogens is 358 g/mol. The van der Waals surface area contributed by atoms with Crippen molar-refractivity contribution in [2.24, 2.45) is 0 Å². The number of thioether (sulfide) groups is 1. The van der Waals surface area contributed by atoms with Crippen molar-refractivity contribution in [1.29, 1.82) is 0 Å². The van der Waals surface area contributed by atoms with Crippen molar-refractivity contribution in [3.05, 3.63) is 65.5 Å². The second-order valence-electron chi connectivity index (χ2n) is 5.62. The number of aromatic nitrogens is 3. The van der Waals surface area contributed by atoms with Gasteiger partial charge in [0.05, 0.1) is 11.4 Å². The number of halogens is 2. The molecule has 3 aromatic rings. The van der Waals surface area contributed by atoms with Crippen LogP contribution in [-0.4, -0.2) is 26.4 Å². The lowest BCUT2D eigenvalue weighted by Gasteiger charge is -2.11. The van der Waals surface area contributed by atoms with Crippen LogP contribution in [0.4, 0.5) is 14.5 Å². The summed E-state index contributed by atoms with van der Waals surface area (Å²) >= 11 is 1.22. The van der Waals surface area contributed by atoms with Gasteiger partial charge in [0, 0.05) is 11.8 Å². The van der Waals surface area contributed by atoms with Gasteiger partial charge < -0.3 is 5.32 Å². The Bertz CT molecular complexity index is 958. The summed E-state index contributed by atoms with van der Waals surface area (Å²) in [6.45, 7) is 3.82. The smallest absolute Gasteiger partial charge is 0.234 e. The lowest BCUT2D eigenvalue weighted by Crippen LogP contribution is -2.15. The number of hydrogen-bond acceptors (Lipinski definition) is 4. The third kappa shape index (κ3) is 3.91. The predicted octanol–water partition coefficient (Wildman–Crippen LogP) is 3.89. The molecule has 3 rings (SSSR count). The van der Waals surface area contributed by atoms with Gasteiger partial charge in [0.15, 0.2) is 16.8 Å². The maximum absolute atomic E-state index is 13.2. The molecule has 0 saturated carbocycles. The third-order valence-electron chi connectivity index (χ3n) is 3.69. The predicted molar refractivity (Wildman–Crippen MR) is 96.5 cm³/mol. The zero-order chi connectivity index (χ0) is 18.7. The van der Waals surface area contributed by atoms with Gasteiger partial charge in [0.2, 0.25) is 5.91 Å². The summed E-state index contributed by atoms with van der Waals surface area (Å²) in [6.07, 6.45) is 0. The van der Waals surface area contributed by atoms with E-state index in [1.807, 2.05) is 42.7 Å². The number of nitrogens with one attached hydrogen (secondary N) is 1. The van der Waals surface area contributed by atoms with Crippen molar-refractivity contribution in [1.82, 2.24) is 14.8 Å². The van der Waals surface area contributed by atoms with Crippen LogP contribution in [0, 0.1) is 25.5 Å². The van der Waals surface area contributed by atoms with E-state index in [9.17, 15) is 13.6 Å². The summed E-state index contributed by atoms with van der Waals surface area (Å²) in [5, 5.41) is 11.3. The summed E-state index contributed by atoms with van der Waals surface area (Å²) in [5.74, 6) is -1.55. The summed E-state index contributed by atoms with van der Waals surface area (Å²) < 4.78 is 28.0. The highest BCUT2D eigenvalue weighted by Crippen LogP contribution is 2.24. The number of aryl methyl sites for hydroxylation is 2. The Hall–Kier alpha value is -2.74. The van der Waals surface area contributed by atoms with E-state index < -0.39 is 11.6 Å². The second-order valence-corrected chi connectivity index (χ2v) is 6.56. The van der Waals surface area contributed by atoms with Gasteiger partial charge in [-0.25, -0.2) is 8.78 Å². The van der Waals surface area contributed by atoms with Crippen LogP contribution in [0.25, 0.3) is 5.69 Å². The number of benzene rings is 2. The Balaban J connectivity index is 1.71. The fourth-order valence-corrected chi connectivity index (χ4v) is 3.22. The molecule has 2 aromatic carbocycles. The van der Waals surface area contributed by atoms with Crippen molar-refractivity contribution in [3.8, 4) is 5.69 Å². The maximum atomic E-state index is 13.2. The molecule has 0 saturated heterocycles. The number of para-hydroxylation sites is 1. The van der Waals surface area contributed by atoms with E-state index in [4.69, 9.17) is 0 Å². The number of anilines is 1. The van der Waals surface area contributed by atoms with Crippen molar-refractivity contribution in [3.63, 3.8) is 0 Å². The van der Waals surface area contributed by atoms with Crippen molar-refractivity contribution in [2.75, 3.05) is 11.1 Å². The van der Waals surface area contributed by atoms with Gasteiger partial charge in [0.1, 0.15) is 5.82 Å². The molecule has 1 heterocycles. The SMILES string of the molecule is Cc1ccccc1-n1c(C)nnc1SCC(=O)Nc1ccc(F)c(F)c1. The minimum atomic E-state index is -1.01. The van der Waals surface area contributed by atoms with E-state index in [1.165, 1.54) is 17.8 Å². The molecule has 5 nitrogen and oxygen atoms in total. The van der Waals surface area contributed by atoms with E-state index in [0.717, 1.165) is 23.4 Å². The molecular formula is C18H16F2N4OS. The number of rotatable bonds is 5. The molecule has 0 aliphatic rings. The number of amides is 1. The molecule has 1 aromatic heterocycles. The van der Waals surface area contributed by atoms with Crippen molar-refractivity contribution in [2.45, 2.75) is 19.0 Å². The minimum Gasteiger partial charge on any atom is -0.325 e. The van der Waals surface area contributed by atoms with Crippen LogP contribution in [-0.2, 0) is 4.79 Å². The van der Waals surface area contributed by atoms with Crippen molar-refractivity contribution >= 4 is 23.4 Å². The molecule has 26 heavy (non-hydrogen) atoms. The Kier molecular flexibility index (Phi) is 5.32. The minimum absolute atomic E-state index is 0.0585. The summed E-state index contributed by atoms with van der Waals surface area (Å²) in [4.78, 5) is 12.1. The molecule has 0 unspecified atom stereocenters. The van der Waals surface area contributed by atoms with E-state index in [-0.39, 0.29) is 17.3 Å². The van der Waals surface area contributed by atoms with E-state index in [1.54, 1.807) is 0 Å². The molecule has 134 valence electrons. The van der Waals surface area contributed by atoms with Gasteiger partial charge in [-0.3, -0.25) is 9.36 Å². The highest BCUT2D eigenvalue weighted by Gasteiger charge is 2.15. The van der Waals surface area contributed by atoms with Gasteiger partial charge in [-0.2, -0.15) is 0 Å². The van der Waals surface area contributed by atoms with Gasteiger partial charge in [-0.05, 0) is 37.6 Å². The Morgan fingerprint density at radius 1 is 1.12 bits per heavy atom. The molecule has 0 fully saturated rings. The van der Waals surface area contributed by atoms with Crippen LogP contribution in [0.3, 0.4) is 0 Å². The molecule has 0 bridgehead atoms. The zero-order valence-electron chi connectivity index (χ0n) is 14.2. The van der Waals surface area contributed by atoms with Crippen LogP contribution >= 0.6 is 11.8 Å². The van der Waals surface area contributed by atoms with Crippen LogP contribution in [0.15, 0.2) is 47.6 Å². The fourth-order valence-electron chi connectivity index (χ4n) is 2.43. The zero-order valence-corrected chi connectivity index (χ0v) is 15.0. The molecule has 0 aliphatic carbocycles. The van der Waals surface area contributed by atoms with Crippen LogP contribution in [0.2, 0.25) is 0 Å². The first kappa shape index (κ1) is 18.1. The standard InChI is InChI=1S/C18H16F2N4OS/c1-11-5-3-4-6-16(11)24-12(2)22-23-18(24)26-10-17(25)21-13-7-8-14(19)15(20)9-13/h3-9H,10H2,1-2H3,(H,21,25). The van der Waals surface area contributed by atoms with E-state index in [0.29, 0.717) is 11.0 Å². The topological polar surface area (TPSA) is 59.8 Å². The first-order valence-corrected chi connectivity index (χ1v) is 8.80. The maximum Gasteiger partial charge on any atom is 0.234 e. The molecule has 1 N–H and O–H groups in total. The monoisotopic (exact) mass is 374 g/mol. The average Bonchev–Trinajstić information content (AvgIpc) is 2.97. The first-order valence-electron chi connectivity index (χ1n) is 7.81. The van der Waals surface area contributed by atoms with Gasteiger partial charge in [-0.1, -0.05) is 30.0 Å². The number of carbonyl (C=O) groups is 1. The second kappa shape index (κ2) is 7.65. The largest absolute Gasteiger partial charge is 0.325 e. The molecule has 0 aliphatic heterocycles. The molecule has 8 heteroatoms. The van der Waals surface area contributed by atoms with Crippen molar-refractivity contribution < 1.29 is 13.6 Å². The van der Waals surface area contributed by atoms with Gasteiger partial charge in [-0.15, -0.1) is 10.2 Å². The molecule has 1 amide bonds. The molecule has 0 atom stereocenters. The van der Waals surface area contributed by atoms with Crippen LogP contribution in [0.1, 0.15) is 11.4 Å². The fraction of sp³-hybridized carbons (Fsp3) is 0.167. The number of nitrogens with zero attached hydrogens (tertiary/aromatic N) is 3. The van der Waals surface area contributed by atoms with Crippen LogP contribution in [0.5, 0.6) is 0 Å². The Morgan fingerprint density at radius 2 is 1.88 bits per heavy atom. The lowest BCUT2D eigenvalue weighted by atomic mass is 10.2. The number of hydrogen-bond donors (Lipinski definition) is 1. The number of carbonyl (C=O) groups excluding carboxylic acids is 1.